The molecule has 2 rings (SSSR count). The second-order valence-electron chi connectivity index (χ2n) is 2.15. The zero-order valence-electron chi connectivity index (χ0n) is 5.11. The molecule has 50 valence electrons. The van der Waals surface area contributed by atoms with Gasteiger partial charge in [-0.15, -0.1) is 0 Å². The van der Waals surface area contributed by atoms with Gasteiger partial charge in [0.25, 0.3) is 0 Å². The minimum Gasteiger partial charge on any atom is -0.423 e. The Balaban J connectivity index is 2.46. The van der Waals surface area contributed by atoms with E-state index in [4.69, 9.17) is 10.0 Å². The molecule has 1 heterocycles. The van der Waals surface area contributed by atoms with Gasteiger partial charge in [0, 0.05) is 9.79 Å². The van der Waals surface area contributed by atoms with E-state index in [-0.39, 0.29) is 0 Å². The van der Waals surface area contributed by atoms with Crippen molar-refractivity contribution in [1.29, 1.82) is 0 Å². The van der Waals surface area contributed by atoms with E-state index in [1.54, 1.807) is 17.8 Å². The van der Waals surface area contributed by atoms with Gasteiger partial charge < -0.3 is 10.0 Å². The van der Waals surface area contributed by atoms with Gasteiger partial charge in [-0.05, 0) is 11.5 Å². The lowest BCUT2D eigenvalue weighted by Gasteiger charge is -1.93. The molecule has 0 radical (unpaired) electrons. The van der Waals surface area contributed by atoms with Gasteiger partial charge in [-0.3, -0.25) is 0 Å². The molecular weight excluding hydrogens is 147 g/mol. The first-order chi connectivity index (χ1) is 4.79. The van der Waals surface area contributed by atoms with E-state index in [9.17, 15) is 0 Å². The second-order valence-corrected chi connectivity index (χ2v) is 3.20. The minimum atomic E-state index is -1.31. The maximum absolute atomic E-state index is 8.78. The summed E-state index contributed by atoms with van der Waals surface area (Å²) >= 11 is 1.59. The molecule has 2 nitrogen and oxygen atoms in total. The Hall–Kier alpha value is -0.445. The molecule has 1 aliphatic rings. The molecule has 0 aliphatic carbocycles. The standard InChI is InChI=1S/C6H5BO2S/c8-7(9)4-2-1-3-5-6(4)10-5/h1-3,8-9H. The highest BCUT2D eigenvalue weighted by Gasteiger charge is 2.27. The Kier molecular flexibility index (Phi) is 1.27. The molecular formula is C6H5BO2S. The number of fused-ring (bicyclic) bond motifs is 1. The van der Waals surface area contributed by atoms with E-state index in [1.807, 2.05) is 12.1 Å². The van der Waals surface area contributed by atoms with Crippen molar-refractivity contribution in [3.63, 3.8) is 0 Å². The number of rotatable bonds is 1. The van der Waals surface area contributed by atoms with Crippen LogP contribution in [0.4, 0.5) is 0 Å². The summed E-state index contributed by atoms with van der Waals surface area (Å²) in [4.78, 5) is 2.18. The smallest absolute Gasteiger partial charge is 0.423 e. The van der Waals surface area contributed by atoms with Crippen LogP contribution in [-0.4, -0.2) is 17.2 Å². The second kappa shape index (κ2) is 2.02. The van der Waals surface area contributed by atoms with E-state index in [1.165, 1.54) is 0 Å². The van der Waals surface area contributed by atoms with E-state index in [0.29, 0.717) is 5.46 Å². The van der Waals surface area contributed by atoms with Crippen molar-refractivity contribution in [3.05, 3.63) is 18.2 Å². The quantitative estimate of drug-likeness (QED) is 0.440. The zero-order valence-corrected chi connectivity index (χ0v) is 5.93. The molecule has 2 N–H and O–H groups in total. The molecule has 0 bridgehead atoms. The lowest BCUT2D eigenvalue weighted by Crippen LogP contribution is -2.29. The predicted octanol–water partition coefficient (Wildman–Crippen LogP) is -0.169. The third-order valence-electron chi connectivity index (χ3n) is 1.46. The van der Waals surface area contributed by atoms with E-state index in [0.717, 1.165) is 9.79 Å². The Labute approximate surface area is 63.0 Å². The Bertz CT molecular complexity index is 274. The van der Waals surface area contributed by atoms with E-state index >= 15 is 0 Å². The van der Waals surface area contributed by atoms with Crippen LogP contribution in [0.2, 0.25) is 0 Å². The van der Waals surface area contributed by atoms with Crippen LogP contribution in [0.3, 0.4) is 0 Å². The van der Waals surface area contributed by atoms with E-state index < -0.39 is 7.12 Å². The fourth-order valence-corrected chi connectivity index (χ4v) is 1.71. The lowest BCUT2D eigenvalue weighted by molar-refractivity contribution is 0.425. The van der Waals surface area contributed by atoms with Crippen LogP contribution in [0.25, 0.3) is 0 Å². The third-order valence-corrected chi connectivity index (χ3v) is 2.47. The molecule has 10 heavy (non-hydrogen) atoms. The molecule has 0 atom stereocenters. The molecule has 0 unspecified atom stereocenters. The Morgan fingerprint density at radius 3 is 2.70 bits per heavy atom. The summed E-state index contributed by atoms with van der Waals surface area (Å²) in [5, 5.41) is 17.6. The van der Waals surface area contributed by atoms with Crippen molar-refractivity contribution in [3.8, 4) is 0 Å². The van der Waals surface area contributed by atoms with Crippen molar-refractivity contribution in [2.45, 2.75) is 9.79 Å². The number of hydrogen-bond acceptors (Lipinski definition) is 3. The largest absolute Gasteiger partial charge is 0.489 e. The summed E-state index contributed by atoms with van der Waals surface area (Å²) in [5.41, 5.74) is 0.627. The highest BCUT2D eigenvalue weighted by molar-refractivity contribution is 8.05. The number of hydrogen-bond donors (Lipinski definition) is 2. The van der Waals surface area contributed by atoms with Crippen molar-refractivity contribution in [2.75, 3.05) is 0 Å². The fourth-order valence-electron chi connectivity index (χ4n) is 0.914. The highest BCUT2D eigenvalue weighted by atomic mass is 32.2. The van der Waals surface area contributed by atoms with Gasteiger partial charge in [-0.2, -0.15) is 0 Å². The molecule has 0 spiro atoms. The summed E-state index contributed by atoms with van der Waals surface area (Å²) in [6, 6.07) is 5.52. The molecule has 4 heteroatoms. The van der Waals surface area contributed by atoms with Crippen molar-refractivity contribution >= 4 is 24.3 Å². The topological polar surface area (TPSA) is 40.5 Å². The van der Waals surface area contributed by atoms with E-state index in [2.05, 4.69) is 0 Å². The number of benzene rings is 1. The van der Waals surface area contributed by atoms with Gasteiger partial charge in [0.05, 0.1) is 0 Å². The van der Waals surface area contributed by atoms with Crippen LogP contribution in [0.15, 0.2) is 28.0 Å². The summed E-state index contributed by atoms with van der Waals surface area (Å²) in [7, 11) is -1.31. The van der Waals surface area contributed by atoms with Gasteiger partial charge in [0.2, 0.25) is 0 Å². The summed E-state index contributed by atoms with van der Waals surface area (Å²) in [6.07, 6.45) is 0. The lowest BCUT2D eigenvalue weighted by atomic mass is 9.81. The maximum Gasteiger partial charge on any atom is 0.489 e. The average molecular weight is 152 g/mol. The predicted molar refractivity (Wildman–Crippen MR) is 40.4 cm³/mol. The van der Waals surface area contributed by atoms with Gasteiger partial charge in [-0.1, -0.05) is 23.9 Å². The summed E-state index contributed by atoms with van der Waals surface area (Å²) in [6.45, 7) is 0. The minimum absolute atomic E-state index is 0.627. The fraction of sp³-hybridized carbons (Fsp3) is 0. The monoisotopic (exact) mass is 152 g/mol. The van der Waals surface area contributed by atoms with Gasteiger partial charge >= 0.3 is 7.12 Å². The molecule has 0 amide bonds. The SMILES string of the molecule is OB(O)c1cccc2c1S2. The first kappa shape index (κ1) is 6.28. The first-order valence-corrected chi connectivity index (χ1v) is 3.77. The first-order valence-electron chi connectivity index (χ1n) is 2.96. The molecule has 0 fully saturated rings. The molecule has 0 saturated carbocycles. The van der Waals surface area contributed by atoms with Crippen molar-refractivity contribution < 1.29 is 10.0 Å². The normalized spacial score (nSPS) is 12.6. The van der Waals surface area contributed by atoms with Crippen LogP contribution < -0.4 is 5.46 Å². The van der Waals surface area contributed by atoms with Crippen LogP contribution in [0.5, 0.6) is 0 Å². The molecule has 1 aliphatic heterocycles. The Morgan fingerprint density at radius 1 is 1.30 bits per heavy atom. The van der Waals surface area contributed by atoms with Crippen molar-refractivity contribution in [1.82, 2.24) is 0 Å². The van der Waals surface area contributed by atoms with Crippen LogP contribution in [0.1, 0.15) is 0 Å². The summed E-state index contributed by atoms with van der Waals surface area (Å²) in [5.74, 6) is 0. The van der Waals surface area contributed by atoms with Crippen LogP contribution in [-0.2, 0) is 0 Å². The molecule has 0 aromatic heterocycles. The van der Waals surface area contributed by atoms with Crippen molar-refractivity contribution in [2.24, 2.45) is 0 Å². The zero-order chi connectivity index (χ0) is 7.14. The molecule has 1 aromatic rings. The summed E-state index contributed by atoms with van der Waals surface area (Å²) < 4.78 is 0. The van der Waals surface area contributed by atoms with Crippen LogP contribution >= 0.6 is 11.8 Å². The molecule has 0 saturated heterocycles. The maximum atomic E-state index is 8.78. The van der Waals surface area contributed by atoms with Gasteiger partial charge in [0.15, 0.2) is 0 Å². The Morgan fingerprint density at radius 2 is 2.10 bits per heavy atom. The third kappa shape index (κ3) is 0.849. The van der Waals surface area contributed by atoms with Gasteiger partial charge in [0.1, 0.15) is 0 Å². The average Bonchev–Trinajstić information content (AvgIpc) is 2.63. The van der Waals surface area contributed by atoms with Gasteiger partial charge in [-0.25, -0.2) is 0 Å². The van der Waals surface area contributed by atoms with Crippen LogP contribution in [0, 0.1) is 0 Å². The molecule has 1 aromatic carbocycles. The highest BCUT2D eigenvalue weighted by Crippen LogP contribution is 2.46.